The predicted octanol–water partition coefficient (Wildman–Crippen LogP) is 0.823. The summed E-state index contributed by atoms with van der Waals surface area (Å²) in [5.41, 5.74) is 0.745. The van der Waals surface area contributed by atoms with Crippen molar-refractivity contribution in [2.45, 2.75) is 19.9 Å². The number of hydrogen-bond donors (Lipinski definition) is 2. The number of H-pyrrole nitrogens is 1. The molecule has 15 heavy (non-hydrogen) atoms. The minimum atomic E-state index is 0.745. The van der Waals surface area contributed by atoms with Crippen LogP contribution in [0.1, 0.15) is 18.4 Å². The lowest BCUT2D eigenvalue weighted by Gasteiger charge is -1.96. The maximum Gasteiger partial charge on any atom is 0.169 e. The van der Waals surface area contributed by atoms with Crippen molar-refractivity contribution in [2.24, 2.45) is 0 Å². The van der Waals surface area contributed by atoms with E-state index in [9.17, 15) is 0 Å². The van der Waals surface area contributed by atoms with Crippen LogP contribution in [0.5, 0.6) is 0 Å². The van der Waals surface area contributed by atoms with Crippen molar-refractivity contribution in [2.75, 3.05) is 6.54 Å². The number of rotatable bonds is 5. The maximum atomic E-state index is 4.07. The Hall–Kier alpha value is -1.34. The van der Waals surface area contributed by atoms with E-state index in [0.29, 0.717) is 0 Å². The molecule has 6 nitrogen and oxygen atoms in total. The monoisotopic (exact) mass is 224 g/mol. The van der Waals surface area contributed by atoms with Gasteiger partial charge in [0.05, 0.1) is 6.20 Å². The first-order valence-electron chi connectivity index (χ1n) is 4.79. The third kappa shape index (κ3) is 2.57. The Balaban J connectivity index is 1.98. The highest BCUT2D eigenvalue weighted by Gasteiger charge is 2.07. The SMILES string of the molecule is CCCNCc1nnc(-c2cn[nH]n2)s1. The third-order valence-corrected chi connectivity index (χ3v) is 2.75. The molecule has 0 saturated heterocycles. The summed E-state index contributed by atoms with van der Waals surface area (Å²) in [6, 6.07) is 0. The summed E-state index contributed by atoms with van der Waals surface area (Å²) in [7, 11) is 0. The van der Waals surface area contributed by atoms with Crippen LogP contribution in [-0.2, 0) is 6.54 Å². The van der Waals surface area contributed by atoms with Gasteiger partial charge in [0.25, 0.3) is 0 Å². The molecule has 0 aliphatic carbocycles. The summed E-state index contributed by atoms with van der Waals surface area (Å²) in [5, 5.41) is 23.4. The average molecular weight is 224 g/mol. The highest BCUT2D eigenvalue weighted by atomic mass is 32.1. The lowest BCUT2D eigenvalue weighted by atomic mass is 10.5. The molecule has 0 fully saturated rings. The normalized spacial score (nSPS) is 10.7. The van der Waals surface area contributed by atoms with Crippen molar-refractivity contribution in [3.05, 3.63) is 11.2 Å². The Kier molecular flexibility index (Phi) is 3.36. The van der Waals surface area contributed by atoms with Gasteiger partial charge < -0.3 is 5.32 Å². The molecular weight excluding hydrogens is 212 g/mol. The van der Waals surface area contributed by atoms with Crippen LogP contribution in [0, 0.1) is 0 Å². The number of nitrogens with zero attached hydrogens (tertiary/aromatic N) is 4. The molecule has 2 aromatic rings. The first-order valence-corrected chi connectivity index (χ1v) is 5.61. The third-order valence-electron chi connectivity index (χ3n) is 1.80. The highest BCUT2D eigenvalue weighted by Crippen LogP contribution is 2.19. The van der Waals surface area contributed by atoms with Crippen LogP contribution >= 0.6 is 11.3 Å². The molecule has 0 radical (unpaired) electrons. The zero-order valence-corrected chi connectivity index (χ0v) is 9.21. The van der Waals surface area contributed by atoms with Gasteiger partial charge in [-0.05, 0) is 13.0 Å². The quantitative estimate of drug-likeness (QED) is 0.735. The molecule has 0 aliphatic rings. The van der Waals surface area contributed by atoms with E-state index in [-0.39, 0.29) is 0 Å². The lowest BCUT2D eigenvalue weighted by molar-refractivity contribution is 0.668. The second-order valence-electron chi connectivity index (χ2n) is 3.03. The Morgan fingerprint density at radius 2 is 2.40 bits per heavy atom. The molecule has 2 heterocycles. The predicted molar refractivity (Wildman–Crippen MR) is 57.3 cm³/mol. The van der Waals surface area contributed by atoms with E-state index in [1.54, 1.807) is 6.20 Å². The molecule has 0 atom stereocenters. The molecule has 7 heteroatoms. The van der Waals surface area contributed by atoms with Crippen molar-refractivity contribution in [1.82, 2.24) is 30.9 Å². The van der Waals surface area contributed by atoms with Gasteiger partial charge in [-0.2, -0.15) is 15.4 Å². The summed E-state index contributed by atoms with van der Waals surface area (Å²) in [6.45, 7) is 3.90. The molecule has 80 valence electrons. The minimum absolute atomic E-state index is 0.745. The van der Waals surface area contributed by atoms with E-state index >= 15 is 0 Å². The lowest BCUT2D eigenvalue weighted by Crippen LogP contribution is -2.13. The van der Waals surface area contributed by atoms with Crippen molar-refractivity contribution >= 4 is 11.3 Å². The molecule has 0 unspecified atom stereocenters. The largest absolute Gasteiger partial charge is 0.310 e. The summed E-state index contributed by atoms with van der Waals surface area (Å²) in [6.07, 6.45) is 2.76. The van der Waals surface area contributed by atoms with E-state index in [1.807, 2.05) is 0 Å². The van der Waals surface area contributed by atoms with Gasteiger partial charge in [0, 0.05) is 6.54 Å². The van der Waals surface area contributed by atoms with Gasteiger partial charge in [-0.25, -0.2) is 0 Å². The van der Waals surface area contributed by atoms with Gasteiger partial charge >= 0.3 is 0 Å². The van der Waals surface area contributed by atoms with Gasteiger partial charge in [-0.1, -0.05) is 18.3 Å². The zero-order valence-electron chi connectivity index (χ0n) is 8.40. The van der Waals surface area contributed by atoms with E-state index in [0.717, 1.165) is 35.2 Å². The van der Waals surface area contributed by atoms with Crippen molar-refractivity contribution in [1.29, 1.82) is 0 Å². The molecule has 0 aromatic carbocycles. The zero-order chi connectivity index (χ0) is 10.5. The molecule has 0 bridgehead atoms. The van der Waals surface area contributed by atoms with E-state index < -0.39 is 0 Å². The molecule has 2 N–H and O–H groups in total. The van der Waals surface area contributed by atoms with Crippen molar-refractivity contribution < 1.29 is 0 Å². The standard InChI is InChI=1S/C8H12N6S/c1-2-3-9-5-7-12-13-8(15-7)6-4-10-14-11-6/h4,9H,2-3,5H2,1H3,(H,10,11,14). The van der Waals surface area contributed by atoms with Crippen LogP contribution in [0.15, 0.2) is 6.20 Å². The van der Waals surface area contributed by atoms with Gasteiger partial charge in [0.15, 0.2) is 5.01 Å². The van der Waals surface area contributed by atoms with Gasteiger partial charge in [0.1, 0.15) is 10.7 Å². The van der Waals surface area contributed by atoms with Crippen LogP contribution in [0.3, 0.4) is 0 Å². The smallest absolute Gasteiger partial charge is 0.169 e. The summed E-state index contributed by atoms with van der Waals surface area (Å²) >= 11 is 1.53. The van der Waals surface area contributed by atoms with Crippen LogP contribution in [0.4, 0.5) is 0 Å². The number of nitrogens with one attached hydrogen (secondary N) is 2. The van der Waals surface area contributed by atoms with Crippen molar-refractivity contribution in [3.63, 3.8) is 0 Å². The molecular formula is C8H12N6S. The molecule has 0 aliphatic heterocycles. The Labute approximate surface area is 91.1 Å². The fourth-order valence-electron chi connectivity index (χ4n) is 1.11. The average Bonchev–Trinajstić information content (AvgIpc) is 2.87. The maximum absolute atomic E-state index is 4.07. The summed E-state index contributed by atoms with van der Waals surface area (Å²) in [4.78, 5) is 0. The van der Waals surface area contributed by atoms with E-state index in [2.05, 4.69) is 37.8 Å². The van der Waals surface area contributed by atoms with E-state index in [1.165, 1.54) is 11.3 Å². The van der Waals surface area contributed by atoms with Gasteiger partial charge in [0.2, 0.25) is 0 Å². The summed E-state index contributed by atoms with van der Waals surface area (Å²) < 4.78 is 0. The number of aromatic nitrogens is 5. The Morgan fingerprint density at radius 3 is 3.13 bits per heavy atom. The number of aromatic amines is 1. The molecule has 0 spiro atoms. The molecule has 2 aromatic heterocycles. The number of hydrogen-bond acceptors (Lipinski definition) is 6. The summed E-state index contributed by atoms with van der Waals surface area (Å²) in [5.74, 6) is 0. The van der Waals surface area contributed by atoms with Gasteiger partial charge in [-0.15, -0.1) is 10.2 Å². The second kappa shape index (κ2) is 4.94. The Bertz CT molecular complexity index is 395. The van der Waals surface area contributed by atoms with Crippen LogP contribution in [0.2, 0.25) is 0 Å². The first kappa shape index (κ1) is 10.2. The van der Waals surface area contributed by atoms with Crippen LogP contribution < -0.4 is 5.32 Å². The molecule has 0 amide bonds. The van der Waals surface area contributed by atoms with Crippen LogP contribution in [0.25, 0.3) is 10.7 Å². The second-order valence-corrected chi connectivity index (χ2v) is 4.10. The fraction of sp³-hybridized carbons (Fsp3) is 0.500. The van der Waals surface area contributed by atoms with Crippen molar-refractivity contribution in [3.8, 4) is 10.7 Å². The highest BCUT2D eigenvalue weighted by molar-refractivity contribution is 7.14. The topological polar surface area (TPSA) is 79.4 Å². The Morgan fingerprint density at radius 1 is 1.47 bits per heavy atom. The molecule has 2 rings (SSSR count). The van der Waals surface area contributed by atoms with E-state index in [4.69, 9.17) is 0 Å². The van der Waals surface area contributed by atoms with Gasteiger partial charge in [-0.3, -0.25) is 0 Å². The first-order chi connectivity index (χ1) is 7.40. The fourth-order valence-corrected chi connectivity index (χ4v) is 1.87. The minimum Gasteiger partial charge on any atom is -0.310 e. The van der Waals surface area contributed by atoms with Crippen LogP contribution in [-0.4, -0.2) is 32.2 Å². The molecule has 0 saturated carbocycles.